The fourth-order valence-electron chi connectivity index (χ4n) is 5.95. The van der Waals surface area contributed by atoms with Crippen LogP contribution in [0.15, 0.2) is 121 Å². The molecule has 0 N–H and O–H groups in total. The summed E-state index contributed by atoms with van der Waals surface area (Å²) in [5, 5.41) is 3.68. The van der Waals surface area contributed by atoms with E-state index in [2.05, 4.69) is 0 Å². The highest BCUT2D eigenvalue weighted by atomic mass is 16.7. The third-order valence-corrected chi connectivity index (χ3v) is 7.96. The fraction of sp³-hybridized carbons (Fsp3) is 0.167. The molecule has 2 saturated heterocycles. The largest absolute Gasteiger partial charge is 0.490 e. The predicted molar refractivity (Wildman–Crippen MR) is 165 cm³/mol. The summed E-state index contributed by atoms with van der Waals surface area (Å²) >= 11 is 0. The molecule has 214 valence electrons. The molecule has 43 heavy (non-hydrogen) atoms. The lowest BCUT2D eigenvalue weighted by Gasteiger charge is -2.29. The molecule has 2 heterocycles. The van der Waals surface area contributed by atoms with Crippen LogP contribution in [0.25, 0.3) is 10.8 Å². The normalized spacial score (nSPS) is 19.6. The van der Waals surface area contributed by atoms with Gasteiger partial charge in [-0.15, -0.1) is 0 Å². The molecule has 0 saturated carbocycles. The Morgan fingerprint density at radius 1 is 0.674 bits per heavy atom. The van der Waals surface area contributed by atoms with Crippen molar-refractivity contribution in [2.45, 2.75) is 25.7 Å². The second-order valence-corrected chi connectivity index (χ2v) is 10.6. The number of carbonyl (C=O) groups excluding carboxylic acids is 2. The fourth-order valence-corrected chi connectivity index (χ4v) is 5.95. The van der Waals surface area contributed by atoms with Crippen molar-refractivity contribution in [3.8, 4) is 11.5 Å². The number of rotatable bonds is 8. The van der Waals surface area contributed by atoms with Crippen molar-refractivity contribution < 1.29 is 23.9 Å². The van der Waals surface area contributed by atoms with E-state index in [9.17, 15) is 9.59 Å². The molecule has 0 bridgehead atoms. The van der Waals surface area contributed by atoms with E-state index < -0.39 is 18.1 Å². The molecule has 2 aliphatic rings. The number of benzene rings is 5. The van der Waals surface area contributed by atoms with Crippen LogP contribution in [0.2, 0.25) is 0 Å². The third kappa shape index (κ3) is 4.87. The van der Waals surface area contributed by atoms with Crippen molar-refractivity contribution in [2.24, 2.45) is 5.92 Å². The molecule has 0 aromatic heterocycles. The van der Waals surface area contributed by atoms with Crippen molar-refractivity contribution in [1.82, 2.24) is 0 Å². The van der Waals surface area contributed by atoms with Gasteiger partial charge in [0.15, 0.2) is 17.6 Å². The van der Waals surface area contributed by atoms with Crippen LogP contribution >= 0.6 is 0 Å². The maximum absolute atomic E-state index is 14.2. The van der Waals surface area contributed by atoms with Crippen molar-refractivity contribution in [3.63, 3.8) is 0 Å². The van der Waals surface area contributed by atoms with Crippen LogP contribution in [0, 0.1) is 5.92 Å². The van der Waals surface area contributed by atoms with Crippen LogP contribution in [0.4, 0.5) is 11.4 Å². The van der Waals surface area contributed by atoms with Crippen LogP contribution in [-0.2, 0) is 21.0 Å². The minimum absolute atomic E-state index is 0.295. The predicted octanol–water partition coefficient (Wildman–Crippen LogP) is 6.87. The summed E-state index contributed by atoms with van der Waals surface area (Å²) in [5.74, 6) is -0.263. The number of ether oxygens (including phenoxy) is 2. The Morgan fingerprint density at radius 3 is 2.16 bits per heavy atom. The van der Waals surface area contributed by atoms with Gasteiger partial charge in [0.2, 0.25) is 5.91 Å². The third-order valence-electron chi connectivity index (χ3n) is 7.96. The summed E-state index contributed by atoms with van der Waals surface area (Å²) in [7, 11) is 0. The number of anilines is 2. The minimum atomic E-state index is -0.964. The second-order valence-electron chi connectivity index (χ2n) is 10.6. The smallest absolute Gasteiger partial charge is 0.266 e. The average Bonchev–Trinajstić information content (AvgIpc) is 3.56. The molecule has 0 unspecified atom stereocenters. The van der Waals surface area contributed by atoms with Gasteiger partial charge in [-0.25, -0.2) is 9.96 Å². The van der Waals surface area contributed by atoms with Gasteiger partial charge in [0.1, 0.15) is 12.5 Å². The van der Waals surface area contributed by atoms with E-state index >= 15 is 0 Å². The van der Waals surface area contributed by atoms with Gasteiger partial charge < -0.3 is 9.47 Å². The summed E-state index contributed by atoms with van der Waals surface area (Å²) in [6.45, 7) is 2.74. The quantitative estimate of drug-likeness (QED) is 0.190. The first kappa shape index (κ1) is 26.7. The number of para-hydroxylation sites is 1. The van der Waals surface area contributed by atoms with Crippen molar-refractivity contribution >= 4 is 34.0 Å². The van der Waals surface area contributed by atoms with Gasteiger partial charge in [0.25, 0.3) is 5.91 Å². The number of carbonyl (C=O) groups is 2. The van der Waals surface area contributed by atoms with E-state index in [0.29, 0.717) is 30.4 Å². The maximum Gasteiger partial charge on any atom is 0.266 e. The zero-order valence-electron chi connectivity index (χ0n) is 23.6. The first-order chi connectivity index (χ1) is 21.1. The molecule has 7 nitrogen and oxygen atoms in total. The van der Waals surface area contributed by atoms with Crippen LogP contribution in [-0.4, -0.2) is 24.5 Å². The standard InChI is InChI=1S/C36H30N2O5/c1-2-41-31-22-27(18-20-30(31)42-23-24-11-5-3-6-12-24)33-32-34(43-38(33)28-15-7-4-8-16-28)36(40)37(35(32)39)29-19-17-25-13-9-10-14-26(25)21-29/h3-22,32-34H,2,23H2,1H3/t32-,33-,34-/m0/s1. The van der Waals surface area contributed by atoms with E-state index in [1.165, 1.54) is 4.90 Å². The van der Waals surface area contributed by atoms with Crippen LogP contribution in [0.5, 0.6) is 11.5 Å². The monoisotopic (exact) mass is 570 g/mol. The number of hydroxylamine groups is 1. The van der Waals surface area contributed by atoms with Crippen molar-refractivity contribution in [1.29, 1.82) is 0 Å². The zero-order chi connectivity index (χ0) is 29.3. The Morgan fingerprint density at radius 2 is 1.40 bits per heavy atom. The molecule has 5 aromatic carbocycles. The molecule has 5 aromatic rings. The molecule has 3 atom stereocenters. The maximum atomic E-state index is 14.2. The number of amides is 2. The van der Waals surface area contributed by atoms with Crippen LogP contribution in [0.1, 0.15) is 24.1 Å². The highest BCUT2D eigenvalue weighted by molar-refractivity contribution is 6.24. The Hall–Kier alpha value is -5.14. The number of hydrogen-bond acceptors (Lipinski definition) is 6. The zero-order valence-corrected chi connectivity index (χ0v) is 23.6. The van der Waals surface area contributed by atoms with Gasteiger partial charge >= 0.3 is 0 Å². The summed E-state index contributed by atoms with van der Waals surface area (Å²) in [6, 6.07) is 38.1. The minimum Gasteiger partial charge on any atom is -0.490 e. The van der Waals surface area contributed by atoms with Gasteiger partial charge in [-0.3, -0.25) is 14.4 Å². The lowest BCUT2D eigenvalue weighted by molar-refractivity contribution is -0.126. The van der Waals surface area contributed by atoms with Crippen LogP contribution in [0.3, 0.4) is 0 Å². The van der Waals surface area contributed by atoms with Gasteiger partial charge in [0, 0.05) is 0 Å². The Kier molecular flexibility index (Phi) is 7.01. The Balaban J connectivity index is 1.26. The van der Waals surface area contributed by atoms with Crippen molar-refractivity contribution in [2.75, 3.05) is 16.6 Å². The summed E-state index contributed by atoms with van der Waals surface area (Å²) in [4.78, 5) is 35.6. The first-order valence-electron chi connectivity index (χ1n) is 14.4. The molecule has 0 aliphatic carbocycles. The molecular weight excluding hydrogens is 540 g/mol. The van der Waals surface area contributed by atoms with E-state index in [1.54, 1.807) is 5.06 Å². The lowest BCUT2D eigenvalue weighted by Crippen LogP contribution is -2.37. The topological polar surface area (TPSA) is 68.3 Å². The molecule has 7 heteroatoms. The lowest BCUT2D eigenvalue weighted by atomic mass is 9.90. The number of fused-ring (bicyclic) bond motifs is 2. The van der Waals surface area contributed by atoms with E-state index in [0.717, 1.165) is 27.6 Å². The second kappa shape index (κ2) is 11.3. The highest BCUT2D eigenvalue weighted by Gasteiger charge is 2.60. The molecule has 0 spiro atoms. The van der Waals surface area contributed by atoms with Gasteiger partial charge in [0.05, 0.1) is 24.0 Å². The Bertz CT molecular complexity index is 1790. The summed E-state index contributed by atoms with van der Waals surface area (Å²) in [6.07, 6.45) is -0.964. The van der Waals surface area contributed by atoms with Gasteiger partial charge in [-0.1, -0.05) is 84.9 Å². The molecular formula is C36H30N2O5. The highest BCUT2D eigenvalue weighted by Crippen LogP contribution is 2.49. The van der Waals surface area contributed by atoms with Gasteiger partial charge in [-0.05, 0) is 65.2 Å². The Labute approximate surface area is 249 Å². The average molecular weight is 571 g/mol. The SMILES string of the molecule is CCOc1cc([C@H]2[C@@H]3C(=O)N(c4ccc5ccccc5c4)C(=O)[C@H]3ON2c2ccccc2)ccc1OCc1ccccc1. The number of hydrogen-bond donors (Lipinski definition) is 0. The van der Waals surface area contributed by atoms with E-state index in [4.69, 9.17) is 14.3 Å². The van der Waals surface area contributed by atoms with E-state index in [-0.39, 0.29) is 11.8 Å². The molecule has 2 aliphatic heterocycles. The first-order valence-corrected chi connectivity index (χ1v) is 14.4. The molecule has 0 radical (unpaired) electrons. The summed E-state index contributed by atoms with van der Waals surface area (Å²) < 4.78 is 12.2. The number of nitrogens with zero attached hydrogens (tertiary/aromatic N) is 2. The number of imide groups is 1. The summed E-state index contributed by atoms with van der Waals surface area (Å²) in [5.41, 5.74) is 3.12. The van der Waals surface area contributed by atoms with E-state index in [1.807, 2.05) is 128 Å². The molecule has 2 amide bonds. The molecule has 7 rings (SSSR count). The molecule has 2 fully saturated rings. The van der Waals surface area contributed by atoms with Crippen LogP contribution < -0.4 is 19.4 Å². The van der Waals surface area contributed by atoms with Gasteiger partial charge in [-0.2, -0.15) is 0 Å². The van der Waals surface area contributed by atoms with Crippen molar-refractivity contribution in [3.05, 3.63) is 132 Å².